The lowest BCUT2D eigenvalue weighted by Crippen LogP contribution is -1.76. The summed E-state index contributed by atoms with van der Waals surface area (Å²) in [4.78, 5) is 21.4. The van der Waals surface area contributed by atoms with Gasteiger partial charge in [0.2, 0.25) is 0 Å². The molecule has 10 rings (SSSR count). The first-order valence-electron chi connectivity index (χ1n) is 13.8. The van der Waals surface area contributed by atoms with Crippen molar-refractivity contribution in [3.05, 3.63) is 97.3 Å². The van der Waals surface area contributed by atoms with Crippen LogP contribution in [0.1, 0.15) is 0 Å². The number of rotatable bonds is 4. The van der Waals surface area contributed by atoms with E-state index in [1.807, 2.05) is 60.9 Å². The zero-order valence-corrected chi connectivity index (χ0v) is 25.7. The largest absolute Gasteiger partial charge is 0.454 e. The molecule has 0 N–H and O–H groups in total. The highest BCUT2D eigenvalue weighted by Gasteiger charge is 2.17. The third-order valence-electron chi connectivity index (χ3n) is 7.56. The molecule has 0 saturated heterocycles. The van der Waals surface area contributed by atoms with Crippen LogP contribution in [0.2, 0.25) is 0 Å². The Morgan fingerprint density at radius 3 is 1.41 bits per heavy atom. The number of hydrogen-bond donors (Lipinski definition) is 0. The molecule has 0 unspecified atom stereocenters. The van der Waals surface area contributed by atoms with Crippen molar-refractivity contribution in [3.8, 4) is 41.3 Å². The summed E-state index contributed by atoms with van der Waals surface area (Å²) in [5, 5.41) is 8.08. The van der Waals surface area contributed by atoms with E-state index in [0.717, 1.165) is 94.4 Å². The Labute approximate surface area is 264 Å². The fourth-order valence-electron chi connectivity index (χ4n) is 5.45. The van der Waals surface area contributed by atoms with Gasteiger partial charge in [-0.15, -0.1) is 45.3 Å². The van der Waals surface area contributed by atoms with Crippen molar-refractivity contribution < 1.29 is 8.83 Å². The lowest BCUT2D eigenvalue weighted by Gasteiger charge is -1.97. The number of hydrogen-bond acceptors (Lipinski definition) is 10. The van der Waals surface area contributed by atoms with Crippen LogP contribution < -0.4 is 0 Å². The van der Waals surface area contributed by atoms with E-state index in [0.29, 0.717) is 0 Å². The second kappa shape index (κ2) is 9.38. The van der Waals surface area contributed by atoms with Crippen LogP contribution in [0, 0.1) is 0 Å². The summed E-state index contributed by atoms with van der Waals surface area (Å²) in [6, 6.07) is 28.9. The van der Waals surface area contributed by atoms with Crippen molar-refractivity contribution in [3.63, 3.8) is 0 Å². The van der Waals surface area contributed by atoms with Gasteiger partial charge in [-0.1, -0.05) is 36.4 Å². The molecule has 0 aliphatic carbocycles. The van der Waals surface area contributed by atoms with Crippen LogP contribution in [0.3, 0.4) is 0 Å². The van der Waals surface area contributed by atoms with Crippen LogP contribution in [0.15, 0.2) is 106 Å². The predicted molar refractivity (Wildman–Crippen MR) is 183 cm³/mol. The third-order valence-corrected chi connectivity index (χ3v) is 12.0. The number of thiazole rings is 4. The molecular formula is C34H16N4O2S4. The van der Waals surface area contributed by atoms with E-state index in [9.17, 15) is 0 Å². The molecule has 0 aliphatic heterocycles. The summed E-state index contributed by atoms with van der Waals surface area (Å²) in [5.74, 6) is 1.57. The summed E-state index contributed by atoms with van der Waals surface area (Å²) < 4.78 is 14.3. The van der Waals surface area contributed by atoms with Gasteiger partial charge in [-0.25, -0.2) is 19.9 Å². The van der Waals surface area contributed by atoms with Gasteiger partial charge in [0.1, 0.15) is 21.2 Å². The van der Waals surface area contributed by atoms with E-state index >= 15 is 0 Å². The van der Waals surface area contributed by atoms with Crippen molar-refractivity contribution in [1.82, 2.24) is 19.9 Å². The van der Waals surface area contributed by atoms with Crippen LogP contribution >= 0.6 is 45.3 Å². The van der Waals surface area contributed by atoms with E-state index in [2.05, 4.69) is 46.4 Å². The maximum Gasteiger partial charge on any atom is 0.164 e. The topological polar surface area (TPSA) is 77.8 Å². The zero-order chi connectivity index (χ0) is 28.8. The molecule has 0 fully saturated rings. The molecule has 10 heteroatoms. The van der Waals surface area contributed by atoms with E-state index in [1.165, 1.54) is 0 Å². The number of fused-ring (bicyclic) bond motifs is 5. The van der Waals surface area contributed by atoms with Crippen LogP contribution in [-0.4, -0.2) is 19.9 Å². The van der Waals surface area contributed by atoms with Gasteiger partial charge in [0.05, 0.1) is 30.2 Å². The van der Waals surface area contributed by atoms with E-state index in [1.54, 1.807) is 45.3 Å². The number of benzene rings is 4. The summed E-state index contributed by atoms with van der Waals surface area (Å²) in [5.41, 5.74) is 3.70. The average Bonchev–Trinajstić information content (AvgIpc) is 3.88. The highest BCUT2D eigenvalue weighted by atomic mass is 32.1. The van der Waals surface area contributed by atoms with Crippen LogP contribution in [-0.2, 0) is 0 Å². The molecule has 6 nitrogen and oxygen atoms in total. The van der Waals surface area contributed by atoms with Gasteiger partial charge in [-0.05, 0) is 59.3 Å². The lowest BCUT2D eigenvalue weighted by molar-refractivity contribution is 0.630. The second-order valence-corrected chi connectivity index (χ2v) is 14.5. The Balaban J connectivity index is 0.980. The first kappa shape index (κ1) is 24.7. The molecule has 0 saturated carbocycles. The first-order valence-corrected chi connectivity index (χ1v) is 17.0. The summed E-state index contributed by atoms with van der Waals surface area (Å²) in [6.45, 7) is 0. The van der Waals surface area contributed by atoms with E-state index < -0.39 is 0 Å². The van der Waals surface area contributed by atoms with Gasteiger partial charge in [0, 0.05) is 23.2 Å². The highest BCUT2D eigenvalue weighted by Crippen LogP contribution is 2.41. The first-order chi connectivity index (χ1) is 21.7. The molecule has 208 valence electrons. The van der Waals surface area contributed by atoms with Crippen molar-refractivity contribution in [1.29, 1.82) is 0 Å². The van der Waals surface area contributed by atoms with Crippen molar-refractivity contribution in [2.75, 3.05) is 0 Å². The van der Waals surface area contributed by atoms with E-state index in [4.69, 9.17) is 18.8 Å². The Kier molecular flexibility index (Phi) is 5.26. The summed E-state index contributed by atoms with van der Waals surface area (Å²) >= 11 is 6.57. The maximum absolute atomic E-state index is 6.03. The van der Waals surface area contributed by atoms with Gasteiger partial charge >= 0.3 is 0 Å². The zero-order valence-electron chi connectivity index (χ0n) is 22.5. The molecule has 44 heavy (non-hydrogen) atoms. The minimum absolute atomic E-state index is 0.783. The third kappa shape index (κ3) is 3.96. The Morgan fingerprint density at radius 2 is 0.932 bits per heavy atom. The normalized spacial score (nSPS) is 12.1. The molecular weight excluding hydrogens is 625 g/mol. The Hall–Kier alpha value is -4.74. The van der Waals surface area contributed by atoms with Gasteiger partial charge in [-0.3, -0.25) is 0 Å². The summed E-state index contributed by atoms with van der Waals surface area (Å²) in [6.07, 6.45) is 3.79. The molecule has 0 bridgehead atoms. The molecule has 6 aromatic heterocycles. The minimum atomic E-state index is 0.783. The van der Waals surface area contributed by atoms with Crippen LogP contribution in [0.5, 0.6) is 0 Å². The fourth-order valence-corrected chi connectivity index (χ4v) is 9.26. The van der Waals surface area contributed by atoms with Gasteiger partial charge in [0.15, 0.2) is 21.5 Å². The van der Waals surface area contributed by atoms with Crippen molar-refractivity contribution in [2.24, 2.45) is 0 Å². The number of para-hydroxylation sites is 2. The molecule has 0 amide bonds. The Morgan fingerprint density at radius 1 is 0.455 bits per heavy atom. The Bertz CT molecular complexity index is 2390. The smallest absolute Gasteiger partial charge is 0.164 e. The lowest BCUT2D eigenvalue weighted by atomic mass is 10.1. The molecule has 6 heterocycles. The average molecular weight is 641 g/mol. The van der Waals surface area contributed by atoms with E-state index in [-0.39, 0.29) is 0 Å². The molecule has 0 atom stereocenters. The number of aromatic nitrogens is 4. The van der Waals surface area contributed by atoms with Crippen molar-refractivity contribution >= 4 is 98.5 Å². The van der Waals surface area contributed by atoms with Crippen LogP contribution in [0.25, 0.3) is 94.4 Å². The number of nitrogens with zero attached hydrogens (tertiary/aromatic N) is 4. The SMILES string of the molecule is c1ccc2oc(-c3ncc(-c4nc5cc6cc7sc(-c8cnc(-c9cc%10ccccc%10o9)s8)nc7cc6cc5s4)s3)cc2c1. The van der Waals surface area contributed by atoms with Gasteiger partial charge in [0.25, 0.3) is 0 Å². The molecule has 0 aliphatic rings. The van der Waals surface area contributed by atoms with Crippen LogP contribution in [0.4, 0.5) is 0 Å². The fraction of sp³-hybridized carbons (Fsp3) is 0. The summed E-state index contributed by atoms with van der Waals surface area (Å²) in [7, 11) is 0. The standard InChI is InChI=1S/C34H16N4O2S4/c1-3-7-23-17(5-1)11-25(39-23)31-35-15-29(43-31)33-37-21-9-19-14-28-22(10-20(19)13-27(21)41-33)38-34(42-28)30-16-36-32(44-30)26-12-18-6-2-4-8-24(18)40-26/h1-16H. The minimum Gasteiger partial charge on any atom is -0.454 e. The van der Waals surface area contributed by atoms with Gasteiger partial charge in [-0.2, -0.15) is 0 Å². The highest BCUT2D eigenvalue weighted by molar-refractivity contribution is 7.27. The quantitative estimate of drug-likeness (QED) is 0.190. The second-order valence-electron chi connectivity index (χ2n) is 10.4. The van der Waals surface area contributed by atoms with Gasteiger partial charge < -0.3 is 8.83 Å². The molecule has 4 aromatic carbocycles. The predicted octanol–water partition coefficient (Wildman–Crippen LogP) is 11.1. The number of furan rings is 2. The molecule has 0 spiro atoms. The molecule has 0 radical (unpaired) electrons. The monoisotopic (exact) mass is 640 g/mol. The van der Waals surface area contributed by atoms with Crippen molar-refractivity contribution in [2.45, 2.75) is 0 Å². The maximum atomic E-state index is 6.03. The molecule has 10 aromatic rings.